The Labute approximate surface area is 104 Å². The normalized spacial score (nSPS) is 10.7. The molecule has 0 unspecified atom stereocenters. The van der Waals surface area contributed by atoms with Gasteiger partial charge in [0.05, 0.1) is 30.1 Å². The van der Waals surface area contributed by atoms with Crippen molar-refractivity contribution >= 4 is 5.82 Å². The Balaban J connectivity index is 2.09. The average molecular weight is 240 g/mol. The van der Waals surface area contributed by atoms with Gasteiger partial charge in [0.15, 0.2) is 0 Å². The first-order chi connectivity index (χ1) is 8.74. The number of nitrogens with two attached hydrogens (primary N) is 1. The van der Waals surface area contributed by atoms with E-state index in [1.165, 1.54) is 0 Å². The Morgan fingerprint density at radius 3 is 2.72 bits per heavy atom. The second kappa shape index (κ2) is 3.99. The van der Waals surface area contributed by atoms with Crippen LogP contribution in [0, 0.1) is 0 Å². The molecule has 0 amide bonds. The third-order valence-electron chi connectivity index (χ3n) is 2.69. The quantitative estimate of drug-likeness (QED) is 0.731. The van der Waals surface area contributed by atoms with Crippen molar-refractivity contribution in [2.75, 3.05) is 5.73 Å². The smallest absolute Gasteiger partial charge is 0.123 e. The summed E-state index contributed by atoms with van der Waals surface area (Å²) in [6, 6.07) is 3.70. The Hall–Kier alpha value is -2.63. The number of imidazole rings is 1. The number of rotatable bonds is 2. The van der Waals surface area contributed by atoms with Crippen LogP contribution in [0.1, 0.15) is 0 Å². The lowest BCUT2D eigenvalue weighted by Gasteiger charge is -2.05. The van der Waals surface area contributed by atoms with Gasteiger partial charge in [-0.2, -0.15) is 5.10 Å². The molecule has 0 aliphatic heterocycles. The number of aromatic nitrogens is 5. The highest BCUT2D eigenvalue weighted by Gasteiger charge is 2.08. The number of pyridine rings is 1. The molecule has 0 aromatic carbocycles. The van der Waals surface area contributed by atoms with Crippen LogP contribution in [0.5, 0.6) is 0 Å². The summed E-state index contributed by atoms with van der Waals surface area (Å²) < 4.78 is 3.71. The van der Waals surface area contributed by atoms with Crippen LogP contribution in [0.2, 0.25) is 0 Å². The van der Waals surface area contributed by atoms with Gasteiger partial charge < -0.3 is 5.73 Å². The molecule has 0 radical (unpaired) electrons. The first-order valence-corrected chi connectivity index (χ1v) is 5.47. The lowest BCUT2D eigenvalue weighted by atomic mass is 10.2. The molecule has 0 atom stereocenters. The number of nitrogen functional groups attached to an aromatic ring is 1. The van der Waals surface area contributed by atoms with E-state index >= 15 is 0 Å². The van der Waals surface area contributed by atoms with Crippen molar-refractivity contribution in [2.24, 2.45) is 7.05 Å². The van der Waals surface area contributed by atoms with E-state index in [2.05, 4.69) is 15.1 Å². The molecular weight excluding hydrogens is 228 g/mol. The molecule has 90 valence electrons. The van der Waals surface area contributed by atoms with Crippen molar-refractivity contribution in [3.63, 3.8) is 0 Å². The Morgan fingerprint density at radius 1 is 1.17 bits per heavy atom. The van der Waals surface area contributed by atoms with Crippen LogP contribution in [0.3, 0.4) is 0 Å². The molecule has 0 fully saturated rings. The van der Waals surface area contributed by atoms with E-state index < -0.39 is 0 Å². The van der Waals surface area contributed by atoms with E-state index in [1.54, 1.807) is 35.7 Å². The number of aryl methyl sites for hydroxylation is 1. The van der Waals surface area contributed by atoms with Gasteiger partial charge in [-0.05, 0) is 12.1 Å². The van der Waals surface area contributed by atoms with E-state index in [4.69, 9.17) is 5.73 Å². The number of anilines is 1. The van der Waals surface area contributed by atoms with Crippen LogP contribution < -0.4 is 5.73 Å². The summed E-state index contributed by atoms with van der Waals surface area (Å²) >= 11 is 0. The fourth-order valence-corrected chi connectivity index (χ4v) is 1.80. The lowest BCUT2D eigenvalue weighted by Crippen LogP contribution is -1.95. The van der Waals surface area contributed by atoms with Gasteiger partial charge in [-0.1, -0.05) is 0 Å². The van der Waals surface area contributed by atoms with Crippen LogP contribution in [0.4, 0.5) is 5.82 Å². The minimum Gasteiger partial charge on any atom is -0.384 e. The Bertz CT molecular complexity index is 664. The Morgan fingerprint density at radius 2 is 2.06 bits per heavy atom. The topological polar surface area (TPSA) is 74.5 Å². The fraction of sp³-hybridized carbons (Fsp3) is 0.0833. The number of nitrogens with zero attached hydrogens (tertiary/aromatic N) is 5. The van der Waals surface area contributed by atoms with Crippen molar-refractivity contribution in [2.45, 2.75) is 0 Å². The molecule has 3 aromatic rings. The average Bonchev–Trinajstić information content (AvgIpc) is 2.98. The zero-order valence-electron chi connectivity index (χ0n) is 9.85. The van der Waals surface area contributed by atoms with E-state index in [1.807, 2.05) is 23.9 Å². The highest BCUT2D eigenvalue weighted by molar-refractivity contribution is 5.61. The van der Waals surface area contributed by atoms with Crippen LogP contribution in [-0.2, 0) is 7.05 Å². The van der Waals surface area contributed by atoms with Crippen molar-refractivity contribution in [3.8, 4) is 16.9 Å². The minimum atomic E-state index is 0.506. The van der Waals surface area contributed by atoms with Crippen LogP contribution in [0.15, 0.2) is 43.2 Å². The molecule has 0 aliphatic rings. The van der Waals surface area contributed by atoms with Crippen LogP contribution >= 0.6 is 0 Å². The molecule has 0 saturated heterocycles. The summed E-state index contributed by atoms with van der Waals surface area (Å²) in [6.45, 7) is 0. The summed E-state index contributed by atoms with van der Waals surface area (Å²) in [5, 5.41) is 4.15. The summed E-state index contributed by atoms with van der Waals surface area (Å²) in [4.78, 5) is 8.26. The maximum atomic E-state index is 5.59. The maximum Gasteiger partial charge on any atom is 0.123 e. The molecule has 2 N–H and O–H groups in total. The summed E-state index contributed by atoms with van der Waals surface area (Å²) in [5.74, 6) is 0.506. The van der Waals surface area contributed by atoms with Crippen molar-refractivity contribution < 1.29 is 0 Å². The molecule has 3 aromatic heterocycles. The monoisotopic (exact) mass is 240 g/mol. The van der Waals surface area contributed by atoms with Crippen molar-refractivity contribution in [3.05, 3.63) is 43.2 Å². The highest BCUT2D eigenvalue weighted by Crippen LogP contribution is 2.21. The third kappa shape index (κ3) is 1.73. The van der Waals surface area contributed by atoms with E-state index in [9.17, 15) is 0 Å². The summed E-state index contributed by atoms with van der Waals surface area (Å²) in [7, 11) is 1.88. The molecule has 3 heterocycles. The molecule has 0 saturated carbocycles. The third-order valence-corrected chi connectivity index (χ3v) is 2.69. The molecule has 18 heavy (non-hydrogen) atoms. The maximum absolute atomic E-state index is 5.59. The SMILES string of the molecule is Cn1cc(-n2cncc2-c2ccc(N)nc2)cn1. The standard InChI is InChI=1S/C12H12N6/c1-17-7-10(5-16-17)18-8-14-6-11(18)9-2-3-12(13)15-4-9/h2-8H,1H3,(H2,13,15). The number of hydrogen-bond donors (Lipinski definition) is 1. The zero-order valence-corrected chi connectivity index (χ0v) is 9.85. The highest BCUT2D eigenvalue weighted by atomic mass is 15.3. The first-order valence-electron chi connectivity index (χ1n) is 5.47. The van der Waals surface area contributed by atoms with Gasteiger partial charge in [0, 0.05) is 25.0 Å². The van der Waals surface area contributed by atoms with Gasteiger partial charge >= 0.3 is 0 Å². The van der Waals surface area contributed by atoms with Gasteiger partial charge in [0.25, 0.3) is 0 Å². The second-order valence-corrected chi connectivity index (χ2v) is 3.99. The minimum absolute atomic E-state index is 0.506. The molecule has 6 nitrogen and oxygen atoms in total. The van der Waals surface area contributed by atoms with Crippen molar-refractivity contribution in [1.82, 2.24) is 24.3 Å². The Kier molecular flexibility index (Phi) is 2.33. The van der Waals surface area contributed by atoms with E-state index in [0.29, 0.717) is 5.82 Å². The number of hydrogen-bond acceptors (Lipinski definition) is 4. The molecule has 0 spiro atoms. The van der Waals surface area contributed by atoms with Gasteiger partial charge in [0.2, 0.25) is 0 Å². The van der Waals surface area contributed by atoms with Gasteiger partial charge in [-0.3, -0.25) is 9.25 Å². The molecule has 3 rings (SSSR count). The molecular formula is C12H12N6. The van der Waals surface area contributed by atoms with Gasteiger partial charge in [-0.15, -0.1) is 0 Å². The second-order valence-electron chi connectivity index (χ2n) is 3.99. The van der Waals surface area contributed by atoms with Crippen molar-refractivity contribution in [1.29, 1.82) is 0 Å². The summed E-state index contributed by atoms with van der Waals surface area (Å²) in [5.41, 5.74) is 8.46. The van der Waals surface area contributed by atoms with Crippen LogP contribution in [0.25, 0.3) is 16.9 Å². The van der Waals surface area contributed by atoms with E-state index in [-0.39, 0.29) is 0 Å². The predicted molar refractivity (Wildman–Crippen MR) is 68.0 cm³/mol. The van der Waals surface area contributed by atoms with Crippen LogP contribution in [-0.4, -0.2) is 24.3 Å². The molecule has 0 aliphatic carbocycles. The summed E-state index contributed by atoms with van der Waals surface area (Å²) in [6.07, 6.45) is 8.99. The van der Waals surface area contributed by atoms with Gasteiger partial charge in [-0.25, -0.2) is 9.97 Å². The van der Waals surface area contributed by atoms with Gasteiger partial charge in [0.1, 0.15) is 5.82 Å². The lowest BCUT2D eigenvalue weighted by molar-refractivity contribution is 0.767. The molecule has 0 bridgehead atoms. The fourth-order valence-electron chi connectivity index (χ4n) is 1.80. The predicted octanol–water partition coefficient (Wildman–Crippen LogP) is 1.25. The zero-order chi connectivity index (χ0) is 12.5. The first kappa shape index (κ1) is 10.5. The van der Waals surface area contributed by atoms with E-state index in [0.717, 1.165) is 16.9 Å². The molecule has 6 heteroatoms. The largest absolute Gasteiger partial charge is 0.384 e.